The fourth-order valence-corrected chi connectivity index (χ4v) is 1.89. The average molecular weight is 236 g/mol. The minimum atomic E-state index is 0.150. The molecule has 1 atom stereocenters. The van der Waals surface area contributed by atoms with Gasteiger partial charge in [-0.15, -0.1) is 11.8 Å². The molecular weight excluding hydrogens is 220 g/mol. The number of hydrogen-bond donors (Lipinski definition) is 2. The van der Waals surface area contributed by atoms with Crippen LogP contribution in [0.2, 0.25) is 0 Å². The summed E-state index contributed by atoms with van der Waals surface area (Å²) in [6, 6.07) is 7.97. The van der Waals surface area contributed by atoms with E-state index in [0.29, 0.717) is 12.1 Å². The molecule has 0 fully saturated rings. The number of rotatable bonds is 5. The lowest BCUT2D eigenvalue weighted by Crippen LogP contribution is -2.15. The van der Waals surface area contributed by atoms with Crippen LogP contribution in [0.1, 0.15) is 12.5 Å². The summed E-state index contributed by atoms with van der Waals surface area (Å²) >= 11 is 1.56. The number of aliphatic hydroxyl groups is 1. The lowest BCUT2D eigenvalue weighted by Gasteiger charge is -2.13. The molecule has 0 heterocycles. The lowest BCUT2D eigenvalue weighted by molar-refractivity contribution is 0.244. The molecule has 0 saturated heterocycles. The number of anilines is 1. The molecule has 0 spiro atoms. The van der Waals surface area contributed by atoms with Crippen LogP contribution >= 0.6 is 11.8 Å². The quantitative estimate of drug-likeness (QED) is 0.770. The van der Waals surface area contributed by atoms with Crippen LogP contribution in [0.15, 0.2) is 23.1 Å². The smallest absolute Gasteiger partial charge is 0.102 e. The van der Waals surface area contributed by atoms with E-state index >= 15 is 0 Å². The monoisotopic (exact) mass is 236 g/mol. The zero-order valence-electron chi connectivity index (χ0n) is 9.53. The molecule has 0 saturated carbocycles. The fraction of sp³-hybridized carbons (Fsp3) is 0.417. The predicted molar refractivity (Wildman–Crippen MR) is 67.7 cm³/mol. The number of nitrogens with zero attached hydrogens (tertiary/aromatic N) is 1. The summed E-state index contributed by atoms with van der Waals surface area (Å²) in [5, 5.41) is 21.2. The van der Waals surface area contributed by atoms with Gasteiger partial charge in [0, 0.05) is 18.0 Å². The number of hydrogen-bond acceptors (Lipinski definition) is 4. The van der Waals surface area contributed by atoms with Crippen LogP contribution < -0.4 is 5.32 Å². The summed E-state index contributed by atoms with van der Waals surface area (Å²) in [6.07, 6.45) is 1.95. The molecule has 0 aliphatic rings. The molecule has 86 valence electrons. The van der Waals surface area contributed by atoms with Crippen molar-refractivity contribution in [3.05, 3.63) is 23.8 Å². The number of benzene rings is 1. The van der Waals surface area contributed by atoms with Crippen molar-refractivity contribution >= 4 is 17.4 Å². The second-order valence-electron chi connectivity index (χ2n) is 3.66. The molecule has 16 heavy (non-hydrogen) atoms. The van der Waals surface area contributed by atoms with E-state index < -0.39 is 0 Å². The van der Waals surface area contributed by atoms with E-state index in [2.05, 4.69) is 11.4 Å². The minimum Gasteiger partial charge on any atom is -0.396 e. The molecule has 0 bridgehead atoms. The first-order chi connectivity index (χ1) is 7.72. The molecule has 0 aliphatic carbocycles. The van der Waals surface area contributed by atoms with Crippen molar-refractivity contribution in [2.24, 2.45) is 5.92 Å². The Labute approximate surface area is 100 Å². The van der Waals surface area contributed by atoms with Gasteiger partial charge in [-0.3, -0.25) is 0 Å². The van der Waals surface area contributed by atoms with E-state index in [9.17, 15) is 0 Å². The van der Waals surface area contributed by atoms with E-state index in [1.807, 2.05) is 31.4 Å². The Kier molecular flexibility index (Phi) is 5.17. The first kappa shape index (κ1) is 12.9. The Morgan fingerprint density at radius 1 is 1.56 bits per heavy atom. The van der Waals surface area contributed by atoms with Crippen molar-refractivity contribution in [3.8, 4) is 6.07 Å². The molecule has 2 N–H and O–H groups in total. The van der Waals surface area contributed by atoms with Gasteiger partial charge in [-0.2, -0.15) is 5.26 Å². The molecular formula is C12H16N2OS. The van der Waals surface area contributed by atoms with Crippen LogP contribution in [-0.4, -0.2) is 24.5 Å². The van der Waals surface area contributed by atoms with Crippen LogP contribution in [0.5, 0.6) is 0 Å². The highest BCUT2D eigenvalue weighted by atomic mass is 32.2. The highest BCUT2D eigenvalue weighted by molar-refractivity contribution is 7.98. The number of thioether (sulfide) groups is 1. The zero-order valence-corrected chi connectivity index (χ0v) is 10.3. The summed E-state index contributed by atoms with van der Waals surface area (Å²) in [6.45, 7) is 2.78. The van der Waals surface area contributed by atoms with Crippen LogP contribution in [0.3, 0.4) is 0 Å². The summed E-state index contributed by atoms with van der Waals surface area (Å²) in [4.78, 5) is 0.976. The maximum absolute atomic E-state index is 9.10. The SMILES string of the molecule is CSc1cccc(NCC(C)CO)c1C#N. The van der Waals surface area contributed by atoms with E-state index in [1.54, 1.807) is 11.8 Å². The molecule has 1 aromatic rings. The first-order valence-corrected chi connectivity index (χ1v) is 6.37. The van der Waals surface area contributed by atoms with Crippen molar-refractivity contribution < 1.29 is 5.11 Å². The van der Waals surface area contributed by atoms with Crippen molar-refractivity contribution in [3.63, 3.8) is 0 Å². The number of nitriles is 1. The van der Waals surface area contributed by atoms with Crippen molar-refractivity contribution in [2.75, 3.05) is 24.7 Å². The Morgan fingerprint density at radius 2 is 2.31 bits per heavy atom. The second-order valence-corrected chi connectivity index (χ2v) is 4.51. The zero-order chi connectivity index (χ0) is 12.0. The standard InChI is InChI=1S/C12H16N2OS/c1-9(8-15)7-14-11-4-3-5-12(16-2)10(11)6-13/h3-5,9,14-15H,7-8H2,1-2H3. The van der Waals surface area contributed by atoms with Crippen molar-refractivity contribution in [2.45, 2.75) is 11.8 Å². The third kappa shape index (κ3) is 3.16. The maximum Gasteiger partial charge on any atom is 0.102 e. The Bertz CT molecular complexity index is 387. The average Bonchev–Trinajstić information content (AvgIpc) is 2.34. The summed E-state index contributed by atoms with van der Waals surface area (Å²) in [7, 11) is 0. The third-order valence-electron chi connectivity index (χ3n) is 2.31. The summed E-state index contributed by atoms with van der Waals surface area (Å²) < 4.78 is 0. The maximum atomic E-state index is 9.10. The highest BCUT2D eigenvalue weighted by Crippen LogP contribution is 2.26. The molecule has 0 radical (unpaired) electrons. The van der Waals surface area contributed by atoms with Crippen LogP contribution in [0.4, 0.5) is 5.69 Å². The van der Waals surface area contributed by atoms with Gasteiger partial charge >= 0.3 is 0 Å². The van der Waals surface area contributed by atoms with Gasteiger partial charge in [0.2, 0.25) is 0 Å². The Morgan fingerprint density at radius 3 is 2.88 bits per heavy atom. The highest BCUT2D eigenvalue weighted by Gasteiger charge is 2.07. The minimum absolute atomic E-state index is 0.150. The molecule has 1 rings (SSSR count). The molecule has 3 nitrogen and oxygen atoms in total. The van der Waals surface area contributed by atoms with Crippen molar-refractivity contribution in [1.82, 2.24) is 0 Å². The van der Waals surface area contributed by atoms with E-state index in [0.717, 1.165) is 10.6 Å². The molecule has 1 aromatic carbocycles. The van der Waals surface area contributed by atoms with E-state index in [4.69, 9.17) is 10.4 Å². The van der Waals surface area contributed by atoms with E-state index in [1.165, 1.54) is 0 Å². The normalized spacial score (nSPS) is 11.9. The summed E-state index contributed by atoms with van der Waals surface area (Å²) in [5.74, 6) is 0.185. The lowest BCUT2D eigenvalue weighted by atomic mass is 10.1. The number of aliphatic hydroxyl groups excluding tert-OH is 1. The topological polar surface area (TPSA) is 56.0 Å². The second kappa shape index (κ2) is 6.41. The van der Waals surface area contributed by atoms with Gasteiger partial charge in [0.25, 0.3) is 0 Å². The van der Waals surface area contributed by atoms with Gasteiger partial charge < -0.3 is 10.4 Å². The van der Waals surface area contributed by atoms with E-state index in [-0.39, 0.29) is 12.5 Å². The van der Waals surface area contributed by atoms with Gasteiger partial charge in [-0.05, 0) is 24.3 Å². The van der Waals surface area contributed by atoms with Crippen molar-refractivity contribution in [1.29, 1.82) is 5.26 Å². The molecule has 1 unspecified atom stereocenters. The largest absolute Gasteiger partial charge is 0.396 e. The first-order valence-electron chi connectivity index (χ1n) is 5.14. The summed E-state index contributed by atoms with van der Waals surface area (Å²) in [5.41, 5.74) is 1.52. The Hall–Kier alpha value is -1.18. The molecule has 0 aromatic heterocycles. The third-order valence-corrected chi connectivity index (χ3v) is 3.09. The molecule has 4 heteroatoms. The number of nitrogens with one attached hydrogen (secondary N) is 1. The molecule has 0 amide bonds. The van der Waals surface area contributed by atoms with Gasteiger partial charge in [0.15, 0.2) is 0 Å². The van der Waals surface area contributed by atoms with Gasteiger partial charge in [0.05, 0.1) is 11.3 Å². The van der Waals surface area contributed by atoms with Crippen LogP contribution in [0.25, 0.3) is 0 Å². The van der Waals surface area contributed by atoms with Gasteiger partial charge in [-0.25, -0.2) is 0 Å². The predicted octanol–water partition coefficient (Wildman–Crippen LogP) is 2.32. The van der Waals surface area contributed by atoms with Crippen LogP contribution in [0, 0.1) is 17.2 Å². The van der Waals surface area contributed by atoms with Gasteiger partial charge in [0.1, 0.15) is 6.07 Å². The van der Waals surface area contributed by atoms with Crippen LogP contribution in [-0.2, 0) is 0 Å². The fourth-order valence-electron chi connectivity index (χ4n) is 1.31. The molecule has 0 aliphatic heterocycles. The van der Waals surface area contributed by atoms with Gasteiger partial charge in [-0.1, -0.05) is 13.0 Å². The Balaban J connectivity index is 2.84.